The molecule has 6 heteroatoms. The molecule has 2 fully saturated rings. The van der Waals surface area contributed by atoms with E-state index < -0.39 is 0 Å². The number of carbonyl (C=O) groups is 1. The molecule has 0 bridgehead atoms. The summed E-state index contributed by atoms with van der Waals surface area (Å²) in [5.41, 5.74) is 1.01. The summed E-state index contributed by atoms with van der Waals surface area (Å²) in [4.78, 5) is 28.4. The summed E-state index contributed by atoms with van der Waals surface area (Å²) in [6.45, 7) is 10.5. The molecule has 0 aliphatic carbocycles. The van der Waals surface area contributed by atoms with Crippen molar-refractivity contribution < 1.29 is 4.79 Å². The van der Waals surface area contributed by atoms with Crippen LogP contribution in [0.15, 0.2) is 6.07 Å². The fraction of sp³-hybridized carbons (Fsp3) is 0.722. The van der Waals surface area contributed by atoms with Crippen LogP contribution in [-0.4, -0.2) is 71.5 Å². The fourth-order valence-electron chi connectivity index (χ4n) is 3.58. The molecule has 132 valence electrons. The summed E-state index contributed by atoms with van der Waals surface area (Å²) >= 11 is 0. The third-order valence-corrected chi connectivity index (χ3v) is 5.10. The Balaban J connectivity index is 1.64. The van der Waals surface area contributed by atoms with Crippen molar-refractivity contribution in [3.05, 3.63) is 17.6 Å². The molecule has 24 heavy (non-hydrogen) atoms. The maximum atomic E-state index is 12.7. The number of aryl methyl sites for hydroxylation is 1. The number of rotatable bonds is 3. The number of piperazine rings is 1. The quantitative estimate of drug-likeness (QED) is 0.843. The van der Waals surface area contributed by atoms with Crippen LogP contribution in [0.4, 0.5) is 5.82 Å². The van der Waals surface area contributed by atoms with E-state index >= 15 is 0 Å². The van der Waals surface area contributed by atoms with E-state index in [0.29, 0.717) is 11.8 Å². The molecule has 1 unspecified atom stereocenters. The predicted molar refractivity (Wildman–Crippen MR) is 95.3 cm³/mol. The van der Waals surface area contributed by atoms with Gasteiger partial charge in [0, 0.05) is 43.9 Å². The maximum Gasteiger partial charge on any atom is 0.240 e. The van der Waals surface area contributed by atoms with Crippen LogP contribution >= 0.6 is 0 Å². The van der Waals surface area contributed by atoms with Gasteiger partial charge < -0.3 is 9.80 Å². The minimum atomic E-state index is 0.0883. The van der Waals surface area contributed by atoms with Gasteiger partial charge in [0.15, 0.2) is 0 Å². The van der Waals surface area contributed by atoms with E-state index in [0.717, 1.165) is 62.9 Å². The Hall–Kier alpha value is -1.69. The standard InChI is InChI=1S/C18H29N5O/c1-13(2)17-19-14(3)12-16(20-17)22-8-10-23(11-9-22)18(24)15-6-5-7-21(15)4/h12-13,15H,5-11H2,1-4H3. The number of aromatic nitrogens is 2. The second-order valence-electron chi connectivity index (χ2n) is 7.33. The highest BCUT2D eigenvalue weighted by Gasteiger charge is 2.33. The van der Waals surface area contributed by atoms with Gasteiger partial charge in [-0.05, 0) is 33.4 Å². The van der Waals surface area contributed by atoms with E-state index in [9.17, 15) is 4.79 Å². The molecule has 3 heterocycles. The first-order valence-electron chi connectivity index (χ1n) is 9.05. The van der Waals surface area contributed by atoms with Gasteiger partial charge in [0.1, 0.15) is 11.6 Å². The molecule has 0 radical (unpaired) electrons. The Labute approximate surface area is 144 Å². The predicted octanol–water partition coefficient (Wildman–Crippen LogP) is 1.65. The zero-order chi connectivity index (χ0) is 17.3. The second-order valence-corrected chi connectivity index (χ2v) is 7.33. The summed E-state index contributed by atoms with van der Waals surface area (Å²) in [7, 11) is 2.06. The molecule has 0 aromatic carbocycles. The van der Waals surface area contributed by atoms with Gasteiger partial charge in [0.2, 0.25) is 5.91 Å². The van der Waals surface area contributed by atoms with Crippen molar-refractivity contribution >= 4 is 11.7 Å². The van der Waals surface area contributed by atoms with E-state index in [1.165, 1.54) is 0 Å². The van der Waals surface area contributed by atoms with Crippen LogP contribution in [0, 0.1) is 6.92 Å². The van der Waals surface area contributed by atoms with Gasteiger partial charge in [0.05, 0.1) is 6.04 Å². The number of hydrogen-bond acceptors (Lipinski definition) is 5. The highest BCUT2D eigenvalue weighted by Crippen LogP contribution is 2.21. The lowest BCUT2D eigenvalue weighted by atomic mass is 10.1. The van der Waals surface area contributed by atoms with Crippen molar-refractivity contribution in [2.45, 2.75) is 45.6 Å². The average molecular weight is 331 g/mol. The SMILES string of the molecule is Cc1cc(N2CCN(C(=O)C3CCCN3C)CC2)nc(C(C)C)n1. The molecule has 1 aromatic heterocycles. The Morgan fingerprint density at radius 3 is 2.46 bits per heavy atom. The fourth-order valence-corrected chi connectivity index (χ4v) is 3.58. The van der Waals surface area contributed by atoms with Gasteiger partial charge in [-0.3, -0.25) is 9.69 Å². The second kappa shape index (κ2) is 7.05. The Kier molecular flexibility index (Phi) is 5.04. The first-order valence-corrected chi connectivity index (χ1v) is 9.05. The van der Waals surface area contributed by atoms with E-state index in [1.807, 2.05) is 17.9 Å². The van der Waals surface area contributed by atoms with Crippen molar-refractivity contribution in [1.82, 2.24) is 19.8 Å². The van der Waals surface area contributed by atoms with Crippen molar-refractivity contribution in [2.75, 3.05) is 44.7 Å². The number of likely N-dealkylation sites (N-methyl/N-ethyl adjacent to an activating group) is 1. The summed E-state index contributed by atoms with van der Waals surface area (Å²) in [6.07, 6.45) is 2.13. The first kappa shape index (κ1) is 17.1. The summed E-state index contributed by atoms with van der Waals surface area (Å²) in [5, 5.41) is 0. The van der Waals surface area contributed by atoms with E-state index in [1.54, 1.807) is 0 Å². The molecule has 1 aromatic rings. The van der Waals surface area contributed by atoms with Gasteiger partial charge in [0.25, 0.3) is 0 Å². The number of likely N-dealkylation sites (tertiary alicyclic amines) is 1. The molecule has 0 saturated carbocycles. The molecule has 1 amide bonds. The van der Waals surface area contributed by atoms with E-state index in [-0.39, 0.29) is 6.04 Å². The van der Waals surface area contributed by atoms with Crippen LogP contribution in [-0.2, 0) is 4.79 Å². The lowest BCUT2D eigenvalue weighted by Crippen LogP contribution is -2.53. The van der Waals surface area contributed by atoms with Gasteiger partial charge >= 0.3 is 0 Å². The van der Waals surface area contributed by atoms with Gasteiger partial charge in [-0.25, -0.2) is 9.97 Å². The van der Waals surface area contributed by atoms with Gasteiger partial charge in [-0.15, -0.1) is 0 Å². The molecular formula is C18H29N5O. The number of hydrogen-bond donors (Lipinski definition) is 0. The summed E-state index contributed by atoms with van der Waals surface area (Å²) in [6, 6.07) is 2.14. The van der Waals surface area contributed by atoms with Crippen LogP contribution in [0.2, 0.25) is 0 Å². The highest BCUT2D eigenvalue weighted by molar-refractivity contribution is 5.82. The molecule has 1 atom stereocenters. The smallest absolute Gasteiger partial charge is 0.240 e. The molecule has 2 aliphatic heterocycles. The minimum absolute atomic E-state index is 0.0883. The largest absolute Gasteiger partial charge is 0.353 e. The zero-order valence-electron chi connectivity index (χ0n) is 15.3. The lowest BCUT2D eigenvalue weighted by molar-refractivity contribution is -0.135. The van der Waals surface area contributed by atoms with E-state index in [2.05, 4.69) is 35.7 Å². The van der Waals surface area contributed by atoms with Crippen molar-refractivity contribution in [1.29, 1.82) is 0 Å². The van der Waals surface area contributed by atoms with Gasteiger partial charge in [-0.2, -0.15) is 0 Å². The van der Waals surface area contributed by atoms with Gasteiger partial charge in [-0.1, -0.05) is 13.8 Å². The number of anilines is 1. The number of carbonyl (C=O) groups excluding carboxylic acids is 1. The third-order valence-electron chi connectivity index (χ3n) is 5.10. The molecule has 6 nitrogen and oxygen atoms in total. The molecule has 0 spiro atoms. The monoisotopic (exact) mass is 331 g/mol. The van der Waals surface area contributed by atoms with Crippen LogP contribution in [0.5, 0.6) is 0 Å². The van der Waals surface area contributed by atoms with Crippen molar-refractivity contribution in [2.24, 2.45) is 0 Å². The maximum absolute atomic E-state index is 12.7. The Morgan fingerprint density at radius 1 is 1.17 bits per heavy atom. The number of nitrogens with zero attached hydrogens (tertiary/aromatic N) is 5. The summed E-state index contributed by atoms with van der Waals surface area (Å²) in [5.74, 6) is 2.52. The average Bonchev–Trinajstić information content (AvgIpc) is 2.99. The normalized spacial score (nSPS) is 22.5. The summed E-state index contributed by atoms with van der Waals surface area (Å²) < 4.78 is 0. The van der Waals surface area contributed by atoms with Crippen LogP contribution in [0.1, 0.15) is 44.1 Å². The van der Waals surface area contributed by atoms with Crippen LogP contribution < -0.4 is 4.90 Å². The zero-order valence-corrected chi connectivity index (χ0v) is 15.3. The first-order chi connectivity index (χ1) is 11.5. The van der Waals surface area contributed by atoms with Crippen molar-refractivity contribution in [3.8, 4) is 0 Å². The van der Waals surface area contributed by atoms with Crippen LogP contribution in [0.3, 0.4) is 0 Å². The number of amides is 1. The lowest BCUT2D eigenvalue weighted by Gasteiger charge is -2.37. The molecule has 3 rings (SSSR count). The molecule has 2 aliphatic rings. The molecular weight excluding hydrogens is 302 g/mol. The Bertz CT molecular complexity index is 595. The van der Waals surface area contributed by atoms with Crippen molar-refractivity contribution in [3.63, 3.8) is 0 Å². The highest BCUT2D eigenvalue weighted by atomic mass is 16.2. The Morgan fingerprint density at radius 2 is 1.88 bits per heavy atom. The molecule has 0 N–H and O–H groups in total. The van der Waals surface area contributed by atoms with E-state index in [4.69, 9.17) is 4.98 Å². The topological polar surface area (TPSA) is 52.6 Å². The molecule has 2 saturated heterocycles. The van der Waals surface area contributed by atoms with Crippen LogP contribution in [0.25, 0.3) is 0 Å². The minimum Gasteiger partial charge on any atom is -0.353 e. The third kappa shape index (κ3) is 3.53.